The van der Waals surface area contributed by atoms with Gasteiger partial charge in [0.05, 0.1) is 11.2 Å². The van der Waals surface area contributed by atoms with Gasteiger partial charge in [0.25, 0.3) is 0 Å². The third-order valence-corrected chi connectivity index (χ3v) is 8.12. The fourth-order valence-corrected chi connectivity index (χ4v) is 4.88. The fraction of sp³-hybridized carbons (Fsp3) is 0.500. The van der Waals surface area contributed by atoms with E-state index in [0.29, 0.717) is 10.8 Å². The van der Waals surface area contributed by atoms with Gasteiger partial charge in [0.2, 0.25) is 5.91 Å². The van der Waals surface area contributed by atoms with Crippen molar-refractivity contribution in [1.82, 2.24) is 19.5 Å². The summed E-state index contributed by atoms with van der Waals surface area (Å²) >= 11 is 1.72. The van der Waals surface area contributed by atoms with Crippen molar-refractivity contribution in [2.24, 2.45) is 12.8 Å². The molecule has 5 rings (SSSR count). The number of thiazole rings is 1. The quantitative estimate of drug-likeness (QED) is 0.171. The van der Waals surface area contributed by atoms with Gasteiger partial charge in [-0.1, -0.05) is 165 Å². The molecule has 0 saturated carbocycles. The Bertz CT molecular complexity index is 1510. The zero-order valence-electron chi connectivity index (χ0n) is 35.3. The summed E-state index contributed by atoms with van der Waals surface area (Å²) in [4.78, 5) is 21.7. The molecule has 0 atom stereocenters. The van der Waals surface area contributed by atoms with Crippen LogP contribution in [0.3, 0.4) is 0 Å². The van der Waals surface area contributed by atoms with Gasteiger partial charge >= 0.3 is 0 Å². The summed E-state index contributed by atoms with van der Waals surface area (Å²) in [6, 6.07) is 21.1. The molecule has 0 bridgehead atoms. The van der Waals surface area contributed by atoms with Gasteiger partial charge in [-0.25, -0.2) is 15.0 Å². The van der Waals surface area contributed by atoms with Gasteiger partial charge in [-0.15, -0.1) is 11.3 Å². The number of rotatable bonds is 0. The van der Waals surface area contributed by atoms with Crippen molar-refractivity contribution < 1.29 is 9.21 Å². The predicted octanol–water partition coefficient (Wildman–Crippen LogP) is 11.6. The van der Waals surface area contributed by atoms with Crippen LogP contribution in [0.25, 0.3) is 0 Å². The largest absolute Gasteiger partial charge is 0.448 e. The van der Waals surface area contributed by atoms with E-state index in [1.54, 1.807) is 23.8 Å². The molecule has 0 spiro atoms. The van der Waals surface area contributed by atoms with E-state index in [1.165, 1.54) is 23.1 Å². The summed E-state index contributed by atoms with van der Waals surface area (Å²) in [5.41, 5.74) is 8.29. The molecule has 288 valence electrons. The van der Waals surface area contributed by atoms with Gasteiger partial charge in [0.15, 0.2) is 5.89 Å². The van der Waals surface area contributed by atoms with E-state index in [1.807, 2.05) is 31.0 Å². The number of amides is 1. The highest BCUT2D eigenvalue weighted by molar-refractivity contribution is 7.09. The molecule has 0 saturated heterocycles. The van der Waals surface area contributed by atoms with E-state index >= 15 is 0 Å². The SMILES string of the molecule is CC(C)(C)c1ccccc1.CC(C)(C)c1ccccc1.CC(C)(C)c1ncco1.CC(C)(C)c1nccs1.CC(N)=O.Cn1ccnc1C(C)(C)C. The molecule has 2 N–H and O–H groups in total. The molecule has 0 unspecified atom stereocenters. The Balaban J connectivity index is 0.000000610. The highest BCUT2D eigenvalue weighted by Crippen LogP contribution is 2.24. The van der Waals surface area contributed by atoms with Crippen LogP contribution in [0, 0.1) is 0 Å². The smallest absolute Gasteiger partial charge is 0.214 e. The van der Waals surface area contributed by atoms with Gasteiger partial charge in [-0.05, 0) is 22.0 Å². The number of hydrogen-bond donors (Lipinski definition) is 1. The van der Waals surface area contributed by atoms with Crippen molar-refractivity contribution in [2.75, 3.05) is 0 Å². The van der Waals surface area contributed by atoms with Gasteiger partial charge in [0, 0.05) is 54.2 Å². The van der Waals surface area contributed by atoms with Crippen LogP contribution in [0.2, 0.25) is 0 Å². The maximum atomic E-state index is 9.22. The Morgan fingerprint density at radius 2 is 1.06 bits per heavy atom. The van der Waals surface area contributed by atoms with Crippen LogP contribution in [0.1, 0.15) is 139 Å². The lowest BCUT2D eigenvalue weighted by Crippen LogP contribution is -2.16. The summed E-state index contributed by atoms with van der Waals surface area (Å²) in [7, 11) is 2.02. The number of hydrogen-bond acceptors (Lipinski definition) is 6. The van der Waals surface area contributed by atoms with E-state index in [2.05, 4.69) is 190 Å². The Kier molecular flexibility index (Phi) is 19.8. The first-order valence-electron chi connectivity index (χ1n) is 17.8. The normalized spacial score (nSPS) is 11.3. The van der Waals surface area contributed by atoms with Crippen LogP contribution >= 0.6 is 11.3 Å². The lowest BCUT2D eigenvalue weighted by atomic mass is 9.87. The number of oxazole rings is 1. The number of benzene rings is 2. The van der Waals surface area contributed by atoms with E-state index in [0.717, 1.165) is 11.7 Å². The van der Waals surface area contributed by atoms with Gasteiger partial charge in [-0.2, -0.15) is 0 Å². The van der Waals surface area contributed by atoms with Crippen molar-refractivity contribution in [3.63, 3.8) is 0 Å². The summed E-state index contributed by atoms with van der Waals surface area (Å²) < 4.78 is 7.14. The monoisotopic (exact) mass is 732 g/mol. The van der Waals surface area contributed by atoms with Gasteiger partial charge in [-0.3, -0.25) is 4.79 Å². The number of nitrogens with two attached hydrogens (primary N) is 1. The highest BCUT2D eigenvalue weighted by atomic mass is 32.1. The van der Waals surface area contributed by atoms with E-state index in [-0.39, 0.29) is 22.2 Å². The number of aromatic nitrogens is 4. The fourth-order valence-electron chi connectivity index (χ4n) is 4.15. The standard InChI is InChI=1S/2C10H14.C8H14N2.C7H11NO.C7H11NS.C2H5NO/c2*1-10(2,3)9-7-5-4-6-8-9;1-8(2,3)7-9-5-6-10(7)4;2*1-7(2,3)6-8-4-5-9-6;1-2(3)4/h2*4-8H,1-3H3;5-6H,1-4H3;2*4-5H,1-3H3;1H3,(H2,3,4). The van der Waals surface area contributed by atoms with Crippen LogP contribution in [-0.2, 0) is 38.9 Å². The van der Waals surface area contributed by atoms with Crippen molar-refractivity contribution in [3.8, 4) is 0 Å². The topological polar surface area (TPSA) is 99.8 Å². The maximum Gasteiger partial charge on any atom is 0.214 e. The molecule has 0 aliphatic carbocycles. The summed E-state index contributed by atoms with van der Waals surface area (Å²) in [5.74, 6) is 1.59. The van der Waals surface area contributed by atoms with Crippen LogP contribution in [-0.4, -0.2) is 25.4 Å². The first-order chi connectivity index (χ1) is 23.7. The van der Waals surface area contributed by atoms with E-state index in [9.17, 15) is 4.79 Å². The first-order valence-corrected chi connectivity index (χ1v) is 18.7. The second-order valence-corrected chi connectivity index (χ2v) is 18.5. The third kappa shape index (κ3) is 21.4. The molecule has 5 aromatic rings. The van der Waals surface area contributed by atoms with Gasteiger partial charge < -0.3 is 14.7 Å². The van der Waals surface area contributed by atoms with Gasteiger partial charge in [0.1, 0.15) is 12.1 Å². The Labute approximate surface area is 320 Å². The Morgan fingerprint density at radius 1 is 0.615 bits per heavy atom. The molecule has 7 nitrogen and oxygen atoms in total. The summed E-state index contributed by atoms with van der Waals surface area (Å²) in [6.45, 7) is 33.9. The average Bonchev–Trinajstić information content (AvgIpc) is 3.81. The molecule has 3 heterocycles. The molecule has 3 aromatic heterocycles. The van der Waals surface area contributed by atoms with Crippen molar-refractivity contribution >= 4 is 17.2 Å². The number of aryl methyl sites for hydroxylation is 1. The minimum absolute atomic E-state index is 0.0451. The highest BCUT2D eigenvalue weighted by Gasteiger charge is 2.18. The zero-order chi connectivity index (χ0) is 40.4. The van der Waals surface area contributed by atoms with Crippen LogP contribution < -0.4 is 5.73 Å². The van der Waals surface area contributed by atoms with Crippen LogP contribution in [0.15, 0.2) is 102 Å². The molecule has 0 fully saturated rings. The van der Waals surface area contributed by atoms with Crippen LogP contribution in [0.5, 0.6) is 0 Å². The Hall–Kier alpha value is -4.04. The maximum absolute atomic E-state index is 9.22. The molecule has 2 aromatic carbocycles. The predicted molar refractivity (Wildman–Crippen MR) is 223 cm³/mol. The lowest BCUT2D eigenvalue weighted by molar-refractivity contribution is -0.115. The lowest BCUT2D eigenvalue weighted by Gasteiger charge is -2.18. The van der Waals surface area contributed by atoms with Crippen molar-refractivity contribution in [2.45, 2.75) is 138 Å². The number of nitrogens with zero attached hydrogens (tertiary/aromatic N) is 4. The van der Waals surface area contributed by atoms with Crippen molar-refractivity contribution in [1.29, 1.82) is 0 Å². The zero-order valence-corrected chi connectivity index (χ0v) is 36.1. The molecule has 0 aliphatic heterocycles. The van der Waals surface area contributed by atoms with Crippen molar-refractivity contribution in [3.05, 3.63) is 125 Å². The van der Waals surface area contributed by atoms with E-state index < -0.39 is 0 Å². The average molecular weight is 732 g/mol. The minimum Gasteiger partial charge on any atom is -0.448 e. The number of carbonyl (C=O) groups excluding carboxylic acids is 1. The number of carbonyl (C=O) groups is 1. The van der Waals surface area contributed by atoms with E-state index in [4.69, 9.17) is 4.42 Å². The molecular formula is C44H69N5O2S. The second kappa shape index (κ2) is 21.5. The second-order valence-electron chi connectivity index (χ2n) is 17.6. The molecule has 8 heteroatoms. The summed E-state index contributed by atoms with van der Waals surface area (Å²) in [5, 5.41) is 3.23. The molecular weight excluding hydrogens is 663 g/mol. The Morgan fingerprint density at radius 3 is 1.23 bits per heavy atom. The number of imidazole rings is 1. The minimum atomic E-state index is -0.333. The number of primary amides is 1. The first kappa shape index (κ1) is 48.0. The third-order valence-electron chi connectivity index (χ3n) is 6.92. The molecule has 52 heavy (non-hydrogen) atoms. The molecule has 1 amide bonds. The molecule has 0 radical (unpaired) electrons. The van der Waals surface area contributed by atoms with Crippen LogP contribution in [0.4, 0.5) is 0 Å². The molecule has 0 aliphatic rings. The summed E-state index contributed by atoms with van der Waals surface area (Å²) in [6.07, 6.45) is 8.92.